The lowest BCUT2D eigenvalue weighted by molar-refractivity contribution is -0.130. The van der Waals surface area contributed by atoms with Gasteiger partial charge in [0, 0.05) is 31.7 Å². The van der Waals surface area contributed by atoms with E-state index in [2.05, 4.69) is 10.3 Å². The van der Waals surface area contributed by atoms with Crippen molar-refractivity contribution < 1.29 is 14.7 Å². The fourth-order valence-corrected chi connectivity index (χ4v) is 2.01. The number of carboxylic acids is 1. The van der Waals surface area contributed by atoms with Gasteiger partial charge in [-0.2, -0.15) is 0 Å². The van der Waals surface area contributed by atoms with E-state index in [1.807, 2.05) is 20.8 Å². The van der Waals surface area contributed by atoms with E-state index in [1.165, 1.54) is 6.07 Å². The third-order valence-electron chi connectivity index (χ3n) is 3.25. The summed E-state index contributed by atoms with van der Waals surface area (Å²) in [6.45, 7) is 7.64. The molecule has 0 aliphatic heterocycles. The Morgan fingerprint density at radius 3 is 2.43 bits per heavy atom. The van der Waals surface area contributed by atoms with Crippen molar-refractivity contribution in [1.82, 2.24) is 9.88 Å². The number of nitrogens with zero attached hydrogens (tertiary/aromatic N) is 2. The molecule has 1 amide bonds. The van der Waals surface area contributed by atoms with Crippen LogP contribution in [0.5, 0.6) is 0 Å². The number of carbonyl (C=O) groups excluding carboxylic acids is 1. The third kappa shape index (κ3) is 5.06. The van der Waals surface area contributed by atoms with Gasteiger partial charge in [-0.15, -0.1) is 0 Å². The van der Waals surface area contributed by atoms with Crippen molar-refractivity contribution in [2.45, 2.75) is 33.6 Å². The quantitative estimate of drug-likeness (QED) is 0.766. The molecule has 2 N–H and O–H groups in total. The summed E-state index contributed by atoms with van der Waals surface area (Å²) in [6.07, 6.45) is 1.02. The predicted octanol–water partition coefficient (Wildman–Crippen LogP) is 2.01. The SMILES string of the molecule is CCc1cc(C(=O)O)cc(NCCC(=O)N(CC)CC)n1. The Bertz CT molecular complexity index is 499. The van der Waals surface area contributed by atoms with Crippen LogP contribution in [0.15, 0.2) is 12.1 Å². The first kappa shape index (κ1) is 16.9. The lowest BCUT2D eigenvalue weighted by Gasteiger charge is -2.18. The van der Waals surface area contributed by atoms with Crippen LogP contribution in [0, 0.1) is 0 Å². The van der Waals surface area contributed by atoms with E-state index >= 15 is 0 Å². The highest BCUT2D eigenvalue weighted by Crippen LogP contribution is 2.11. The maximum atomic E-state index is 11.9. The molecule has 6 nitrogen and oxygen atoms in total. The lowest BCUT2D eigenvalue weighted by atomic mass is 10.2. The number of hydrogen-bond donors (Lipinski definition) is 2. The summed E-state index contributed by atoms with van der Waals surface area (Å²) in [6, 6.07) is 3.05. The maximum absolute atomic E-state index is 11.9. The Morgan fingerprint density at radius 1 is 1.24 bits per heavy atom. The number of carboxylic acid groups (broad SMARTS) is 1. The van der Waals surface area contributed by atoms with E-state index in [9.17, 15) is 9.59 Å². The number of nitrogens with one attached hydrogen (secondary N) is 1. The zero-order chi connectivity index (χ0) is 15.8. The highest BCUT2D eigenvalue weighted by Gasteiger charge is 2.10. The Kier molecular flexibility index (Phi) is 6.65. The molecule has 6 heteroatoms. The second-order valence-corrected chi connectivity index (χ2v) is 4.63. The van der Waals surface area contributed by atoms with Crippen molar-refractivity contribution in [3.8, 4) is 0 Å². The molecule has 0 bridgehead atoms. The Balaban J connectivity index is 2.65. The zero-order valence-electron chi connectivity index (χ0n) is 12.8. The number of anilines is 1. The van der Waals surface area contributed by atoms with Gasteiger partial charge in [-0.05, 0) is 32.4 Å². The van der Waals surface area contributed by atoms with Gasteiger partial charge in [-0.1, -0.05) is 6.92 Å². The number of aromatic carboxylic acids is 1. The number of amides is 1. The van der Waals surface area contributed by atoms with Gasteiger partial charge in [0.05, 0.1) is 5.56 Å². The standard InChI is InChI=1S/C15H23N3O3/c1-4-12-9-11(15(20)21)10-13(17-12)16-8-7-14(19)18(5-2)6-3/h9-10H,4-8H2,1-3H3,(H,16,17)(H,20,21). The molecule has 0 spiro atoms. The molecule has 0 unspecified atom stereocenters. The number of aryl methyl sites for hydroxylation is 1. The summed E-state index contributed by atoms with van der Waals surface area (Å²) in [5.74, 6) is -0.397. The van der Waals surface area contributed by atoms with Gasteiger partial charge in [-0.25, -0.2) is 9.78 Å². The van der Waals surface area contributed by atoms with Crippen LogP contribution in [0.4, 0.5) is 5.82 Å². The summed E-state index contributed by atoms with van der Waals surface area (Å²) < 4.78 is 0. The first-order chi connectivity index (χ1) is 10.0. The largest absolute Gasteiger partial charge is 0.478 e. The molecule has 0 atom stereocenters. The summed E-state index contributed by atoms with van der Waals surface area (Å²) in [4.78, 5) is 29.0. The number of aromatic nitrogens is 1. The fraction of sp³-hybridized carbons (Fsp3) is 0.533. The highest BCUT2D eigenvalue weighted by molar-refractivity contribution is 5.88. The smallest absolute Gasteiger partial charge is 0.335 e. The van der Waals surface area contributed by atoms with E-state index in [0.29, 0.717) is 44.0 Å². The third-order valence-corrected chi connectivity index (χ3v) is 3.25. The van der Waals surface area contributed by atoms with Gasteiger partial charge < -0.3 is 15.3 Å². The van der Waals surface area contributed by atoms with E-state index in [1.54, 1.807) is 11.0 Å². The minimum absolute atomic E-state index is 0.0811. The van der Waals surface area contributed by atoms with E-state index < -0.39 is 5.97 Å². The first-order valence-corrected chi connectivity index (χ1v) is 7.27. The van der Waals surface area contributed by atoms with Crippen LogP contribution in [0.3, 0.4) is 0 Å². The number of hydrogen-bond acceptors (Lipinski definition) is 4. The molecule has 0 aliphatic rings. The van der Waals surface area contributed by atoms with E-state index in [0.717, 1.165) is 0 Å². The fourth-order valence-electron chi connectivity index (χ4n) is 2.01. The molecule has 0 aliphatic carbocycles. The van der Waals surface area contributed by atoms with Crippen LogP contribution < -0.4 is 5.32 Å². The maximum Gasteiger partial charge on any atom is 0.335 e. The topological polar surface area (TPSA) is 82.5 Å². The molecular weight excluding hydrogens is 270 g/mol. The lowest BCUT2D eigenvalue weighted by Crippen LogP contribution is -2.31. The normalized spacial score (nSPS) is 10.2. The average molecular weight is 293 g/mol. The molecule has 21 heavy (non-hydrogen) atoms. The average Bonchev–Trinajstić information content (AvgIpc) is 2.48. The monoisotopic (exact) mass is 293 g/mol. The summed E-state index contributed by atoms with van der Waals surface area (Å²) in [7, 11) is 0. The molecule has 0 fully saturated rings. The van der Waals surface area contributed by atoms with Crippen molar-refractivity contribution in [2.24, 2.45) is 0 Å². The van der Waals surface area contributed by atoms with Crippen molar-refractivity contribution in [3.63, 3.8) is 0 Å². The first-order valence-electron chi connectivity index (χ1n) is 7.27. The molecule has 0 radical (unpaired) electrons. The number of carbonyl (C=O) groups is 2. The Morgan fingerprint density at radius 2 is 1.90 bits per heavy atom. The van der Waals surface area contributed by atoms with Crippen LogP contribution in [-0.4, -0.2) is 46.5 Å². The summed E-state index contributed by atoms with van der Waals surface area (Å²) in [5.41, 5.74) is 0.923. The molecule has 116 valence electrons. The van der Waals surface area contributed by atoms with Gasteiger partial charge in [0.25, 0.3) is 0 Å². The zero-order valence-corrected chi connectivity index (χ0v) is 12.8. The summed E-state index contributed by atoms with van der Waals surface area (Å²) in [5, 5.41) is 12.1. The minimum Gasteiger partial charge on any atom is -0.478 e. The van der Waals surface area contributed by atoms with Crippen LogP contribution >= 0.6 is 0 Å². The van der Waals surface area contributed by atoms with Gasteiger partial charge in [-0.3, -0.25) is 4.79 Å². The Labute approximate surface area is 125 Å². The van der Waals surface area contributed by atoms with Gasteiger partial charge >= 0.3 is 5.97 Å². The Hall–Kier alpha value is -2.11. The van der Waals surface area contributed by atoms with Crippen molar-refractivity contribution in [1.29, 1.82) is 0 Å². The second-order valence-electron chi connectivity index (χ2n) is 4.63. The van der Waals surface area contributed by atoms with Crippen LogP contribution in [0.2, 0.25) is 0 Å². The van der Waals surface area contributed by atoms with Crippen molar-refractivity contribution in [3.05, 3.63) is 23.4 Å². The molecular formula is C15H23N3O3. The van der Waals surface area contributed by atoms with E-state index in [-0.39, 0.29) is 11.5 Å². The molecule has 0 saturated heterocycles. The highest BCUT2D eigenvalue weighted by atomic mass is 16.4. The van der Waals surface area contributed by atoms with Crippen LogP contribution in [0.25, 0.3) is 0 Å². The molecule has 0 saturated carbocycles. The van der Waals surface area contributed by atoms with Crippen molar-refractivity contribution >= 4 is 17.7 Å². The molecule has 1 heterocycles. The van der Waals surface area contributed by atoms with Crippen molar-refractivity contribution in [2.75, 3.05) is 25.0 Å². The van der Waals surface area contributed by atoms with Gasteiger partial charge in [0.15, 0.2) is 0 Å². The molecule has 1 aromatic heterocycles. The predicted molar refractivity (Wildman–Crippen MR) is 81.6 cm³/mol. The van der Waals surface area contributed by atoms with Crippen LogP contribution in [0.1, 0.15) is 43.2 Å². The molecule has 1 aromatic rings. The number of rotatable bonds is 8. The second kappa shape index (κ2) is 8.24. The summed E-state index contributed by atoms with van der Waals surface area (Å²) >= 11 is 0. The van der Waals surface area contributed by atoms with Gasteiger partial charge in [0.1, 0.15) is 5.82 Å². The number of pyridine rings is 1. The van der Waals surface area contributed by atoms with E-state index in [4.69, 9.17) is 5.11 Å². The molecule has 0 aromatic carbocycles. The molecule has 1 rings (SSSR count). The van der Waals surface area contributed by atoms with Gasteiger partial charge in [0.2, 0.25) is 5.91 Å². The van der Waals surface area contributed by atoms with Crippen LogP contribution in [-0.2, 0) is 11.2 Å². The minimum atomic E-state index is -0.977.